The summed E-state index contributed by atoms with van der Waals surface area (Å²) in [5.74, 6) is -0.511. The molecule has 0 aliphatic carbocycles. The van der Waals surface area contributed by atoms with Crippen LogP contribution in [0.2, 0.25) is 0 Å². The smallest absolute Gasteiger partial charge is 0.243 e. The van der Waals surface area contributed by atoms with Crippen LogP contribution in [0.4, 0.5) is 4.39 Å². The minimum Gasteiger partial charge on any atom is -0.340 e. The highest BCUT2D eigenvalue weighted by Gasteiger charge is 2.30. The van der Waals surface area contributed by atoms with E-state index in [2.05, 4.69) is 0 Å². The number of benzene rings is 1. The molecule has 110 valence electrons. The predicted octanol–water partition coefficient (Wildman–Crippen LogP) is 0.987. The first-order chi connectivity index (χ1) is 9.32. The Morgan fingerprint density at radius 3 is 2.30 bits per heavy atom. The highest BCUT2D eigenvalue weighted by atomic mass is 32.2. The number of rotatable bonds is 2. The van der Waals surface area contributed by atoms with Crippen LogP contribution >= 0.6 is 0 Å². The zero-order valence-corrected chi connectivity index (χ0v) is 12.3. The molecule has 0 bridgehead atoms. The highest BCUT2D eigenvalue weighted by molar-refractivity contribution is 7.89. The van der Waals surface area contributed by atoms with Crippen LogP contribution in [-0.2, 0) is 14.8 Å². The Bertz CT molecular complexity index is 623. The van der Waals surface area contributed by atoms with E-state index in [1.54, 1.807) is 11.8 Å². The molecule has 1 aliphatic rings. The van der Waals surface area contributed by atoms with Crippen molar-refractivity contribution in [3.05, 3.63) is 29.6 Å². The lowest BCUT2D eigenvalue weighted by molar-refractivity contribution is -0.129. The van der Waals surface area contributed by atoms with Gasteiger partial charge >= 0.3 is 0 Å². The molecule has 0 spiro atoms. The van der Waals surface area contributed by atoms with Crippen LogP contribution in [0.3, 0.4) is 0 Å². The van der Waals surface area contributed by atoms with Gasteiger partial charge < -0.3 is 4.90 Å². The van der Waals surface area contributed by atoms with E-state index in [9.17, 15) is 17.6 Å². The molecule has 20 heavy (non-hydrogen) atoms. The van der Waals surface area contributed by atoms with Crippen molar-refractivity contribution in [1.82, 2.24) is 9.21 Å². The Morgan fingerprint density at radius 2 is 1.80 bits per heavy atom. The first kappa shape index (κ1) is 14.9. The molecule has 1 fully saturated rings. The molecule has 2 rings (SSSR count). The van der Waals surface area contributed by atoms with Crippen LogP contribution in [0.25, 0.3) is 0 Å². The summed E-state index contributed by atoms with van der Waals surface area (Å²) in [4.78, 5) is 13.0. The second-order valence-corrected chi connectivity index (χ2v) is 6.73. The topological polar surface area (TPSA) is 57.7 Å². The summed E-state index contributed by atoms with van der Waals surface area (Å²) in [6.07, 6.45) is 0. The van der Waals surface area contributed by atoms with Crippen molar-refractivity contribution in [2.45, 2.75) is 18.7 Å². The van der Waals surface area contributed by atoms with Gasteiger partial charge in [0.05, 0.1) is 4.90 Å². The van der Waals surface area contributed by atoms with Gasteiger partial charge in [0.1, 0.15) is 5.82 Å². The summed E-state index contributed by atoms with van der Waals surface area (Å²) >= 11 is 0. The molecule has 1 aromatic carbocycles. The third kappa shape index (κ3) is 2.83. The minimum absolute atomic E-state index is 0.0555. The lowest BCUT2D eigenvalue weighted by Crippen LogP contribution is -2.50. The number of sulfonamides is 1. The van der Waals surface area contributed by atoms with Gasteiger partial charge in [0.15, 0.2) is 0 Å². The first-order valence-electron chi connectivity index (χ1n) is 6.34. The van der Waals surface area contributed by atoms with E-state index < -0.39 is 15.8 Å². The van der Waals surface area contributed by atoms with Gasteiger partial charge in [0.2, 0.25) is 15.9 Å². The van der Waals surface area contributed by atoms with Gasteiger partial charge in [0, 0.05) is 33.1 Å². The fraction of sp³-hybridized carbons (Fsp3) is 0.462. The van der Waals surface area contributed by atoms with E-state index >= 15 is 0 Å². The van der Waals surface area contributed by atoms with Gasteiger partial charge in [-0.3, -0.25) is 4.79 Å². The van der Waals surface area contributed by atoms with Crippen molar-refractivity contribution in [1.29, 1.82) is 0 Å². The summed E-state index contributed by atoms with van der Waals surface area (Å²) < 4.78 is 39.4. The fourth-order valence-corrected chi connectivity index (χ4v) is 3.91. The number of carbonyl (C=O) groups is 1. The van der Waals surface area contributed by atoms with Crippen LogP contribution in [0.15, 0.2) is 23.1 Å². The molecular weight excluding hydrogens is 283 g/mol. The number of aryl methyl sites for hydroxylation is 1. The average molecular weight is 300 g/mol. The van der Waals surface area contributed by atoms with Gasteiger partial charge in [-0.05, 0) is 30.7 Å². The number of hydrogen-bond donors (Lipinski definition) is 0. The number of carbonyl (C=O) groups excluding carboxylic acids is 1. The standard InChI is InChI=1S/C13H17FN2O3S/c1-10-9-12(14)3-4-13(10)20(18,19)16-7-5-15(6-8-16)11(2)17/h3-4,9H,5-8H2,1-2H3. The van der Waals surface area contributed by atoms with Crippen LogP contribution in [0.5, 0.6) is 0 Å². The lowest BCUT2D eigenvalue weighted by atomic mass is 10.2. The van der Waals surface area contributed by atoms with Gasteiger partial charge in [-0.25, -0.2) is 12.8 Å². The van der Waals surface area contributed by atoms with E-state index in [1.165, 1.54) is 23.4 Å². The fourth-order valence-electron chi connectivity index (χ4n) is 2.28. The molecule has 1 amide bonds. The van der Waals surface area contributed by atoms with Crippen molar-refractivity contribution in [2.75, 3.05) is 26.2 Å². The second-order valence-electron chi connectivity index (χ2n) is 4.82. The summed E-state index contributed by atoms with van der Waals surface area (Å²) in [6, 6.07) is 3.64. The first-order valence-corrected chi connectivity index (χ1v) is 7.78. The summed E-state index contributed by atoms with van der Waals surface area (Å²) in [5, 5.41) is 0. The number of halogens is 1. The lowest BCUT2D eigenvalue weighted by Gasteiger charge is -2.33. The number of amides is 1. The van der Waals surface area contributed by atoms with Crippen LogP contribution in [-0.4, -0.2) is 49.7 Å². The average Bonchev–Trinajstić information content (AvgIpc) is 2.38. The number of hydrogen-bond acceptors (Lipinski definition) is 3. The number of piperazine rings is 1. The highest BCUT2D eigenvalue weighted by Crippen LogP contribution is 2.21. The monoisotopic (exact) mass is 300 g/mol. The normalized spacial score (nSPS) is 17.2. The Labute approximate surface area is 118 Å². The maximum absolute atomic E-state index is 13.1. The van der Waals surface area contributed by atoms with Crippen LogP contribution in [0.1, 0.15) is 12.5 Å². The molecule has 0 saturated carbocycles. The van der Waals surface area contributed by atoms with E-state index in [0.29, 0.717) is 18.7 Å². The van der Waals surface area contributed by atoms with Gasteiger partial charge in [-0.15, -0.1) is 0 Å². The maximum atomic E-state index is 13.1. The Balaban J connectivity index is 2.22. The molecule has 0 N–H and O–H groups in total. The van der Waals surface area contributed by atoms with Gasteiger partial charge in [-0.1, -0.05) is 0 Å². The SMILES string of the molecule is CC(=O)N1CCN(S(=O)(=O)c2ccc(F)cc2C)CC1. The Kier molecular flexibility index (Phi) is 4.10. The quantitative estimate of drug-likeness (QED) is 0.818. The molecule has 0 atom stereocenters. The molecule has 1 aliphatic heterocycles. The van der Waals surface area contributed by atoms with Crippen LogP contribution in [0, 0.1) is 12.7 Å². The van der Waals surface area contributed by atoms with Crippen molar-refractivity contribution in [2.24, 2.45) is 0 Å². The van der Waals surface area contributed by atoms with Crippen molar-refractivity contribution in [3.8, 4) is 0 Å². The maximum Gasteiger partial charge on any atom is 0.243 e. The zero-order chi connectivity index (χ0) is 14.9. The zero-order valence-electron chi connectivity index (χ0n) is 11.5. The third-order valence-electron chi connectivity index (χ3n) is 3.44. The van der Waals surface area contributed by atoms with Crippen molar-refractivity contribution >= 4 is 15.9 Å². The molecular formula is C13H17FN2O3S. The summed E-state index contributed by atoms with van der Waals surface area (Å²) in [5.41, 5.74) is 0.388. The molecule has 0 radical (unpaired) electrons. The van der Waals surface area contributed by atoms with Crippen molar-refractivity contribution in [3.63, 3.8) is 0 Å². The molecule has 7 heteroatoms. The largest absolute Gasteiger partial charge is 0.340 e. The summed E-state index contributed by atoms with van der Waals surface area (Å²) in [7, 11) is -3.63. The van der Waals surface area contributed by atoms with E-state index in [1.807, 2.05) is 0 Å². The number of nitrogens with zero attached hydrogens (tertiary/aromatic N) is 2. The molecule has 0 aromatic heterocycles. The predicted molar refractivity (Wildman–Crippen MR) is 72.1 cm³/mol. The molecule has 1 aromatic rings. The molecule has 1 saturated heterocycles. The molecule has 1 heterocycles. The Hall–Kier alpha value is -1.47. The third-order valence-corrected chi connectivity index (χ3v) is 5.50. The van der Waals surface area contributed by atoms with E-state index in [-0.39, 0.29) is 23.9 Å². The molecule has 0 unspecified atom stereocenters. The Morgan fingerprint density at radius 1 is 1.20 bits per heavy atom. The van der Waals surface area contributed by atoms with E-state index in [0.717, 1.165) is 6.07 Å². The second kappa shape index (κ2) is 5.49. The summed E-state index contributed by atoms with van der Waals surface area (Å²) in [6.45, 7) is 4.33. The van der Waals surface area contributed by atoms with Gasteiger partial charge in [-0.2, -0.15) is 4.31 Å². The van der Waals surface area contributed by atoms with E-state index in [4.69, 9.17) is 0 Å². The van der Waals surface area contributed by atoms with Crippen LogP contribution < -0.4 is 0 Å². The van der Waals surface area contributed by atoms with Gasteiger partial charge in [0.25, 0.3) is 0 Å². The minimum atomic E-state index is -3.63. The molecule has 5 nitrogen and oxygen atoms in total. The van der Waals surface area contributed by atoms with Crippen molar-refractivity contribution < 1.29 is 17.6 Å².